The van der Waals surface area contributed by atoms with E-state index in [1.807, 2.05) is 30.3 Å². The normalized spacial score (nSPS) is 10.8. The minimum Gasteiger partial charge on any atom is -0.492 e. The quantitative estimate of drug-likeness (QED) is 0.649. The first kappa shape index (κ1) is 8.91. The molecule has 4 nitrogen and oxygen atoms in total. The molecule has 0 saturated heterocycles. The topological polar surface area (TPSA) is 61.8 Å². The predicted octanol–water partition coefficient (Wildman–Crippen LogP) is 2.33. The zero-order valence-corrected chi connectivity index (χ0v) is 8.38. The number of benzene rings is 1. The van der Waals surface area contributed by atoms with Crippen LogP contribution in [-0.4, -0.2) is 20.3 Å². The van der Waals surface area contributed by atoms with E-state index in [0.717, 1.165) is 16.5 Å². The van der Waals surface area contributed by atoms with E-state index in [9.17, 15) is 5.11 Å². The fourth-order valence-electron chi connectivity index (χ4n) is 1.77. The van der Waals surface area contributed by atoms with Gasteiger partial charge in [-0.25, -0.2) is 0 Å². The average molecular weight is 211 g/mol. The van der Waals surface area contributed by atoms with Gasteiger partial charge < -0.3 is 5.11 Å². The minimum atomic E-state index is -0.0234. The number of rotatable bonds is 1. The monoisotopic (exact) mass is 211 g/mol. The Morgan fingerprint density at radius 2 is 2.00 bits per heavy atom. The summed E-state index contributed by atoms with van der Waals surface area (Å²) in [5, 5.41) is 17.8. The van der Waals surface area contributed by atoms with Crippen molar-refractivity contribution in [3.63, 3.8) is 0 Å². The van der Waals surface area contributed by atoms with Crippen molar-refractivity contribution >= 4 is 10.8 Å². The summed E-state index contributed by atoms with van der Waals surface area (Å²) in [4.78, 5) is 4.31. The number of pyridine rings is 1. The van der Waals surface area contributed by atoms with Crippen molar-refractivity contribution in [2.24, 2.45) is 0 Å². The highest BCUT2D eigenvalue weighted by molar-refractivity contribution is 5.93. The Balaban J connectivity index is 2.31. The van der Waals surface area contributed by atoms with Gasteiger partial charge in [0.1, 0.15) is 0 Å². The van der Waals surface area contributed by atoms with E-state index in [1.54, 1.807) is 12.3 Å². The Morgan fingerprint density at radius 1 is 1.12 bits per heavy atom. The lowest BCUT2D eigenvalue weighted by molar-refractivity contribution is 0.452. The van der Waals surface area contributed by atoms with E-state index in [4.69, 9.17) is 0 Å². The summed E-state index contributed by atoms with van der Waals surface area (Å²) in [5.74, 6) is -0.0234. The van der Waals surface area contributed by atoms with Crippen LogP contribution in [0.5, 0.6) is 5.88 Å². The molecule has 0 aliphatic rings. The summed E-state index contributed by atoms with van der Waals surface area (Å²) in [7, 11) is 0. The van der Waals surface area contributed by atoms with E-state index < -0.39 is 0 Å². The van der Waals surface area contributed by atoms with Crippen molar-refractivity contribution in [3.05, 3.63) is 42.6 Å². The summed E-state index contributed by atoms with van der Waals surface area (Å²) in [6.07, 6.45) is 1.75. The number of H-pyrrole nitrogens is 1. The van der Waals surface area contributed by atoms with Gasteiger partial charge in [0.05, 0.1) is 11.4 Å². The Morgan fingerprint density at radius 3 is 2.81 bits per heavy atom. The summed E-state index contributed by atoms with van der Waals surface area (Å²) >= 11 is 0. The third-order valence-electron chi connectivity index (χ3n) is 2.49. The van der Waals surface area contributed by atoms with Crippen LogP contribution in [0.1, 0.15) is 0 Å². The summed E-state index contributed by atoms with van der Waals surface area (Å²) < 4.78 is 0. The Bertz CT molecular complexity index is 640. The molecule has 78 valence electrons. The molecule has 0 radical (unpaired) electrons. The van der Waals surface area contributed by atoms with E-state index >= 15 is 0 Å². The van der Waals surface area contributed by atoms with Crippen molar-refractivity contribution in [2.75, 3.05) is 0 Å². The Hall–Kier alpha value is -2.36. The van der Waals surface area contributed by atoms with Gasteiger partial charge in [0.25, 0.3) is 0 Å². The van der Waals surface area contributed by atoms with Crippen LogP contribution in [0.4, 0.5) is 0 Å². The van der Waals surface area contributed by atoms with Crippen LogP contribution in [0.3, 0.4) is 0 Å². The molecule has 0 atom stereocenters. The zero-order valence-electron chi connectivity index (χ0n) is 8.38. The van der Waals surface area contributed by atoms with Crippen molar-refractivity contribution < 1.29 is 5.11 Å². The molecule has 3 aromatic rings. The lowest BCUT2D eigenvalue weighted by atomic mass is 10.1. The number of fused-ring (bicyclic) bond motifs is 1. The Kier molecular flexibility index (Phi) is 1.86. The molecule has 2 aromatic heterocycles. The largest absolute Gasteiger partial charge is 0.492 e. The molecule has 0 aliphatic heterocycles. The van der Waals surface area contributed by atoms with Gasteiger partial charge >= 0.3 is 0 Å². The SMILES string of the molecule is Oc1cc(-c2nccc3ccccc23)[nH]n1. The van der Waals surface area contributed by atoms with Gasteiger partial charge in [-0.2, -0.15) is 0 Å². The van der Waals surface area contributed by atoms with Gasteiger partial charge in [-0.1, -0.05) is 24.3 Å². The van der Waals surface area contributed by atoms with Crippen LogP contribution in [0, 0.1) is 0 Å². The summed E-state index contributed by atoms with van der Waals surface area (Å²) in [6.45, 7) is 0. The molecule has 2 heterocycles. The molecule has 2 N–H and O–H groups in total. The van der Waals surface area contributed by atoms with Crippen LogP contribution >= 0.6 is 0 Å². The molecule has 4 heteroatoms. The maximum absolute atomic E-state index is 9.22. The second-order valence-electron chi connectivity index (χ2n) is 3.52. The van der Waals surface area contributed by atoms with Gasteiger partial charge in [0, 0.05) is 17.6 Å². The molecule has 16 heavy (non-hydrogen) atoms. The smallest absolute Gasteiger partial charge is 0.230 e. The highest BCUT2D eigenvalue weighted by Crippen LogP contribution is 2.26. The molecular formula is C12H9N3O. The number of hydrogen-bond acceptors (Lipinski definition) is 3. The molecule has 0 amide bonds. The van der Waals surface area contributed by atoms with Crippen molar-refractivity contribution in [1.29, 1.82) is 0 Å². The first-order valence-corrected chi connectivity index (χ1v) is 4.93. The van der Waals surface area contributed by atoms with E-state index in [1.165, 1.54) is 0 Å². The molecule has 3 rings (SSSR count). The maximum atomic E-state index is 9.22. The lowest BCUT2D eigenvalue weighted by Crippen LogP contribution is -1.85. The highest BCUT2D eigenvalue weighted by Gasteiger charge is 2.07. The third-order valence-corrected chi connectivity index (χ3v) is 2.49. The molecule has 0 spiro atoms. The lowest BCUT2D eigenvalue weighted by Gasteiger charge is -2.02. The molecular weight excluding hydrogens is 202 g/mol. The number of aromatic hydroxyl groups is 1. The first-order chi connectivity index (χ1) is 7.84. The first-order valence-electron chi connectivity index (χ1n) is 4.93. The van der Waals surface area contributed by atoms with Crippen molar-refractivity contribution in [3.8, 4) is 17.3 Å². The van der Waals surface area contributed by atoms with Gasteiger partial charge in [-0.3, -0.25) is 10.1 Å². The number of aromatic nitrogens is 3. The van der Waals surface area contributed by atoms with Crippen LogP contribution < -0.4 is 0 Å². The number of hydrogen-bond donors (Lipinski definition) is 2. The van der Waals surface area contributed by atoms with E-state index in [2.05, 4.69) is 15.2 Å². The van der Waals surface area contributed by atoms with Crippen molar-refractivity contribution in [1.82, 2.24) is 15.2 Å². The number of nitrogens with zero attached hydrogens (tertiary/aromatic N) is 2. The predicted molar refractivity (Wildman–Crippen MR) is 61.0 cm³/mol. The van der Waals surface area contributed by atoms with E-state index in [0.29, 0.717) is 5.69 Å². The molecule has 0 bridgehead atoms. The second kappa shape index (κ2) is 3.34. The molecule has 0 aliphatic carbocycles. The molecule has 0 fully saturated rings. The highest BCUT2D eigenvalue weighted by atomic mass is 16.3. The van der Waals surface area contributed by atoms with Gasteiger partial charge in [-0.05, 0) is 11.5 Å². The fourth-order valence-corrected chi connectivity index (χ4v) is 1.77. The molecule has 0 saturated carbocycles. The summed E-state index contributed by atoms with van der Waals surface area (Å²) in [5.41, 5.74) is 1.51. The van der Waals surface area contributed by atoms with Crippen LogP contribution in [0.25, 0.3) is 22.2 Å². The number of nitrogens with one attached hydrogen (secondary N) is 1. The standard InChI is InChI=1S/C12H9N3O/c16-11-7-10(14-15-11)12-9-4-2-1-3-8(9)5-6-13-12/h1-7H,(H2,14,15,16). The van der Waals surface area contributed by atoms with Crippen LogP contribution in [0.2, 0.25) is 0 Å². The van der Waals surface area contributed by atoms with Crippen LogP contribution in [0.15, 0.2) is 42.6 Å². The van der Waals surface area contributed by atoms with Crippen LogP contribution in [-0.2, 0) is 0 Å². The van der Waals surface area contributed by atoms with Gasteiger partial charge in [0.15, 0.2) is 0 Å². The fraction of sp³-hybridized carbons (Fsp3) is 0. The maximum Gasteiger partial charge on any atom is 0.230 e. The van der Waals surface area contributed by atoms with Crippen molar-refractivity contribution in [2.45, 2.75) is 0 Å². The molecule has 1 aromatic carbocycles. The Labute approximate surface area is 91.6 Å². The average Bonchev–Trinajstić information content (AvgIpc) is 2.75. The second-order valence-corrected chi connectivity index (χ2v) is 3.52. The number of aromatic amines is 1. The van der Waals surface area contributed by atoms with Gasteiger partial charge in [-0.15, -0.1) is 5.10 Å². The minimum absolute atomic E-state index is 0.0234. The summed E-state index contributed by atoms with van der Waals surface area (Å²) in [6, 6.07) is 11.5. The van der Waals surface area contributed by atoms with Gasteiger partial charge in [0.2, 0.25) is 5.88 Å². The van der Waals surface area contributed by atoms with E-state index in [-0.39, 0.29) is 5.88 Å². The third kappa shape index (κ3) is 1.32. The zero-order chi connectivity index (χ0) is 11.0. The molecule has 0 unspecified atom stereocenters.